The summed E-state index contributed by atoms with van der Waals surface area (Å²) in [5.74, 6) is -1.20. The normalized spacial score (nSPS) is 20.5. The Morgan fingerprint density at radius 3 is 2.68 bits per heavy atom. The molecule has 2 rings (SSSR count). The Kier molecular flexibility index (Phi) is 3.09. The number of aliphatic carboxylic acids is 1. The largest absolute Gasteiger partial charge is 0.508 e. The first-order chi connectivity index (χ1) is 8.93. The van der Waals surface area contributed by atoms with Crippen molar-refractivity contribution in [2.75, 3.05) is 13.2 Å². The van der Waals surface area contributed by atoms with Crippen molar-refractivity contribution in [3.63, 3.8) is 0 Å². The maximum atomic E-state index is 11.7. The minimum atomic E-state index is -1.52. The summed E-state index contributed by atoms with van der Waals surface area (Å²) in [5, 5.41) is 19.0. The predicted molar refractivity (Wildman–Crippen MR) is 66.0 cm³/mol. The molecule has 0 saturated heterocycles. The number of phenols is 1. The lowest BCUT2D eigenvalue weighted by atomic mass is 9.89. The van der Waals surface area contributed by atoms with Gasteiger partial charge in [0.05, 0.1) is 0 Å². The number of phenolic OH excluding ortho intramolecular Hbond substituents is 1. The van der Waals surface area contributed by atoms with Crippen LogP contribution in [0.1, 0.15) is 19.4 Å². The van der Waals surface area contributed by atoms with Gasteiger partial charge in [0.1, 0.15) is 18.1 Å². The highest BCUT2D eigenvalue weighted by molar-refractivity contribution is 5.89. The van der Waals surface area contributed by atoms with E-state index in [0.29, 0.717) is 11.3 Å². The van der Waals surface area contributed by atoms with Crippen LogP contribution in [0.15, 0.2) is 18.2 Å². The molecule has 0 aliphatic carbocycles. The molecule has 19 heavy (non-hydrogen) atoms. The van der Waals surface area contributed by atoms with Crippen LogP contribution in [-0.4, -0.2) is 40.1 Å². The van der Waals surface area contributed by atoms with Crippen LogP contribution in [0, 0.1) is 0 Å². The summed E-state index contributed by atoms with van der Waals surface area (Å²) < 4.78 is 5.35. The van der Waals surface area contributed by atoms with Gasteiger partial charge in [0, 0.05) is 25.1 Å². The number of carboxylic acid groups (broad SMARTS) is 1. The Morgan fingerprint density at radius 2 is 2.16 bits per heavy atom. The van der Waals surface area contributed by atoms with Crippen molar-refractivity contribution >= 4 is 11.9 Å². The van der Waals surface area contributed by atoms with E-state index in [1.54, 1.807) is 6.92 Å². The van der Waals surface area contributed by atoms with Crippen molar-refractivity contribution in [3.05, 3.63) is 23.8 Å². The second-order valence-corrected chi connectivity index (χ2v) is 4.40. The maximum Gasteiger partial charge on any atom is 0.338 e. The molecule has 0 radical (unpaired) electrons. The molecule has 1 aliphatic rings. The summed E-state index contributed by atoms with van der Waals surface area (Å²) >= 11 is 0. The number of hydrogen-bond acceptors (Lipinski definition) is 4. The maximum absolute atomic E-state index is 11.7. The van der Waals surface area contributed by atoms with E-state index in [0.717, 1.165) is 0 Å². The molecule has 0 saturated carbocycles. The molecule has 1 unspecified atom stereocenters. The van der Waals surface area contributed by atoms with Crippen molar-refractivity contribution in [1.29, 1.82) is 0 Å². The highest BCUT2D eigenvalue weighted by Crippen LogP contribution is 2.43. The molecule has 6 heteroatoms. The third-order valence-corrected chi connectivity index (χ3v) is 3.36. The van der Waals surface area contributed by atoms with Crippen molar-refractivity contribution in [2.24, 2.45) is 0 Å². The van der Waals surface area contributed by atoms with Crippen LogP contribution in [0.25, 0.3) is 0 Å². The second-order valence-electron chi connectivity index (χ2n) is 4.40. The predicted octanol–water partition coefficient (Wildman–Crippen LogP) is 0.933. The Bertz CT molecular complexity index is 542. The van der Waals surface area contributed by atoms with Gasteiger partial charge in [-0.1, -0.05) is 0 Å². The second kappa shape index (κ2) is 4.46. The van der Waals surface area contributed by atoms with Crippen LogP contribution in [0.5, 0.6) is 11.5 Å². The molecule has 1 amide bonds. The lowest BCUT2D eigenvalue weighted by molar-refractivity contribution is -0.160. The summed E-state index contributed by atoms with van der Waals surface area (Å²) in [6.07, 6.45) is 0. The number of carbonyl (C=O) groups is 2. The molecule has 1 aromatic rings. The number of hydrogen-bond donors (Lipinski definition) is 2. The molecule has 1 aliphatic heterocycles. The van der Waals surface area contributed by atoms with Crippen LogP contribution in [0.4, 0.5) is 0 Å². The third kappa shape index (κ3) is 1.80. The molecule has 0 bridgehead atoms. The fourth-order valence-corrected chi connectivity index (χ4v) is 2.51. The minimum Gasteiger partial charge on any atom is -0.508 e. The Hall–Kier alpha value is -2.24. The van der Waals surface area contributed by atoms with Gasteiger partial charge in [-0.2, -0.15) is 0 Å². The van der Waals surface area contributed by atoms with E-state index in [4.69, 9.17) is 4.74 Å². The fourth-order valence-electron chi connectivity index (χ4n) is 2.51. The Balaban J connectivity index is 2.62. The number of carbonyl (C=O) groups excluding carboxylic acids is 1. The average Bonchev–Trinajstić information content (AvgIpc) is 2.69. The molecule has 2 N–H and O–H groups in total. The van der Waals surface area contributed by atoms with Crippen molar-refractivity contribution in [1.82, 2.24) is 4.90 Å². The molecule has 0 fully saturated rings. The smallest absolute Gasteiger partial charge is 0.338 e. The van der Waals surface area contributed by atoms with E-state index >= 15 is 0 Å². The Morgan fingerprint density at radius 1 is 1.47 bits per heavy atom. The molecular formula is C13H15NO5. The van der Waals surface area contributed by atoms with E-state index in [2.05, 4.69) is 0 Å². The minimum absolute atomic E-state index is 0.00851. The first kappa shape index (κ1) is 13.2. The zero-order chi connectivity index (χ0) is 14.2. The number of aromatic hydroxyl groups is 1. The van der Waals surface area contributed by atoms with Crippen LogP contribution in [0.3, 0.4) is 0 Å². The summed E-state index contributed by atoms with van der Waals surface area (Å²) in [7, 11) is 0. The van der Waals surface area contributed by atoms with E-state index in [-0.39, 0.29) is 24.8 Å². The van der Waals surface area contributed by atoms with Crippen LogP contribution in [0.2, 0.25) is 0 Å². The first-order valence-corrected chi connectivity index (χ1v) is 5.91. The van der Waals surface area contributed by atoms with Crippen LogP contribution < -0.4 is 4.74 Å². The van der Waals surface area contributed by atoms with Gasteiger partial charge in [-0.25, -0.2) is 4.79 Å². The number of rotatable bonds is 3. The van der Waals surface area contributed by atoms with Gasteiger partial charge >= 0.3 is 5.97 Å². The quantitative estimate of drug-likeness (QED) is 0.849. The summed E-state index contributed by atoms with van der Waals surface area (Å²) in [5.41, 5.74) is -1.14. The number of ether oxygens (including phenoxy) is 1. The lowest BCUT2D eigenvalue weighted by Gasteiger charge is -2.35. The highest BCUT2D eigenvalue weighted by atomic mass is 16.5. The van der Waals surface area contributed by atoms with Crippen molar-refractivity contribution < 1.29 is 24.5 Å². The third-order valence-electron chi connectivity index (χ3n) is 3.36. The van der Waals surface area contributed by atoms with Crippen molar-refractivity contribution in [2.45, 2.75) is 19.4 Å². The summed E-state index contributed by atoms with van der Waals surface area (Å²) in [4.78, 5) is 24.7. The van der Waals surface area contributed by atoms with Gasteiger partial charge < -0.3 is 19.8 Å². The zero-order valence-corrected chi connectivity index (χ0v) is 10.7. The SMILES string of the molecule is CCN(C(C)=O)C1(C(=O)O)COc2cc(O)ccc21. The zero-order valence-electron chi connectivity index (χ0n) is 10.7. The van der Waals surface area contributed by atoms with Crippen molar-refractivity contribution in [3.8, 4) is 11.5 Å². The fraction of sp³-hybridized carbons (Fsp3) is 0.385. The molecule has 6 nitrogen and oxygen atoms in total. The number of likely N-dealkylation sites (N-methyl/N-ethyl adjacent to an activating group) is 1. The topological polar surface area (TPSA) is 87.1 Å². The number of carboxylic acids is 1. The number of fused-ring (bicyclic) bond motifs is 1. The standard InChI is InChI=1S/C13H15NO5/c1-3-14(8(2)15)13(12(17)18)7-19-11-6-9(16)4-5-10(11)13/h4-6,16H,3,7H2,1-2H3,(H,17,18). The van der Waals surface area contributed by atoms with Gasteiger partial charge in [0.2, 0.25) is 11.4 Å². The van der Waals surface area contributed by atoms with E-state index in [1.807, 2.05) is 0 Å². The van der Waals surface area contributed by atoms with Gasteiger partial charge in [0.25, 0.3) is 0 Å². The molecule has 1 atom stereocenters. The van der Waals surface area contributed by atoms with Gasteiger partial charge in [-0.15, -0.1) is 0 Å². The van der Waals surface area contributed by atoms with Gasteiger partial charge in [-0.3, -0.25) is 4.79 Å². The molecule has 102 valence electrons. The summed E-state index contributed by atoms with van der Waals surface area (Å²) in [6.45, 7) is 3.14. The first-order valence-electron chi connectivity index (χ1n) is 5.91. The summed E-state index contributed by atoms with van der Waals surface area (Å²) in [6, 6.07) is 4.23. The monoisotopic (exact) mass is 265 g/mol. The molecular weight excluding hydrogens is 250 g/mol. The average molecular weight is 265 g/mol. The van der Waals surface area contributed by atoms with Gasteiger partial charge in [0.15, 0.2) is 0 Å². The van der Waals surface area contributed by atoms with E-state index in [1.165, 1.54) is 30.0 Å². The molecule has 1 aromatic carbocycles. The Labute approximate surface area is 110 Å². The van der Waals surface area contributed by atoms with E-state index in [9.17, 15) is 19.8 Å². The molecule has 0 aromatic heterocycles. The highest BCUT2D eigenvalue weighted by Gasteiger charge is 2.53. The van der Waals surface area contributed by atoms with E-state index < -0.39 is 11.5 Å². The van der Waals surface area contributed by atoms with Crippen LogP contribution >= 0.6 is 0 Å². The number of nitrogens with zero attached hydrogens (tertiary/aromatic N) is 1. The number of benzene rings is 1. The van der Waals surface area contributed by atoms with Gasteiger partial charge in [-0.05, 0) is 19.1 Å². The number of amides is 1. The lowest BCUT2D eigenvalue weighted by Crippen LogP contribution is -2.55. The van der Waals surface area contributed by atoms with Crippen LogP contribution in [-0.2, 0) is 15.1 Å². The molecule has 0 spiro atoms. The molecule has 1 heterocycles.